The van der Waals surface area contributed by atoms with Gasteiger partial charge < -0.3 is 46.3 Å². The highest BCUT2D eigenvalue weighted by atomic mass is 16.7. The second-order valence-corrected chi connectivity index (χ2v) is 19.5. The van der Waals surface area contributed by atoms with Crippen LogP contribution < -0.4 is 27.0 Å². The van der Waals surface area contributed by atoms with Gasteiger partial charge in [-0.3, -0.25) is 19.2 Å². The van der Waals surface area contributed by atoms with E-state index in [0.29, 0.717) is 53.5 Å². The van der Waals surface area contributed by atoms with Crippen LogP contribution in [0, 0.1) is 17.3 Å². The van der Waals surface area contributed by atoms with E-state index in [9.17, 15) is 24.3 Å². The largest absolute Gasteiger partial charge is 0.508 e. The second-order valence-electron chi connectivity index (χ2n) is 19.5. The van der Waals surface area contributed by atoms with Crippen LogP contribution in [-0.2, 0) is 36.5 Å². The number of fused-ring (bicyclic) bond motifs is 2. The number of benzene rings is 3. The van der Waals surface area contributed by atoms with Crippen LogP contribution in [0.2, 0.25) is 0 Å². The summed E-state index contributed by atoms with van der Waals surface area (Å²) in [6, 6.07) is 19.3. The average molecular weight is 919 g/mol. The fourth-order valence-electron chi connectivity index (χ4n) is 9.99. The molecule has 1 saturated heterocycles. The van der Waals surface area contributed by atoms with Gasteiger partial charge in [-0.15, -0.1) is 0 Å². The van der Waals surface area contributed by atoms with Crippen molar-refractivity contribution in [3.8, 4) is 16.9 Å². The summed E-state index contributed by atoms with van der Waals surface area (Å²) < 4.78 is 12.5. The zero-order valence-corrected chi connectivity index (χ0v) is 40.5. The lowest BCUT2D eigenvalue weighted by atomic mass is 9.47. The molecule has 6 atom stereocenters. The van der Waals surface area contributed by atoms with Crippen molar-refractivity contribution >= 4 is 30.7 Å². The van der Waals surface area contributed by atoms with Crippen molar-refractivity contribution in [2.24, 2.45) is 23.0 Å². The van der Waals surface area contributed by atoms with Crippen LogP contribution in [0.5, 0.6) is 5.75 Å². The third-order valence-corrected chi connectivity index (χ3v) is 14.5. The number of aryl methyl sites for hydroxylation is 2. The molecule has 6 unspecified atom stereocenters. The number of nitrogens with zero attached hydrogens (tertiary/aromatic N) is 1. The summed E-state index contributed by atoms with van der Waals surface area (Å²) in [5, 5.41) is 22.3. The average Bonchev–Trinajstić information content (AvgIpc) is 3.76. The fourth-order valence-corrected chi connectivity index (χ4v) is 9.99. The topological polar surface area (TPSA) is 184 Å². The van der Waals surface area contributed by atoms with Crippen LogP contribution >= 0.6 is 0 Å². The smallest absolute Gasteiger partial charge is 0.478 e. The Kier molecular flexibility index (Phi) is 18.5. The molecule has 0 spiro atoms. The summed E-state index contributed by atoms with van der Waals surface area (Å²) in [7, 11) is 1.18. The van der Waals surface area contributed by atoms with Crippen LogP contribution in [0.15, 0.2) is 79.0 Å². The number of amides is 4. The van der Waals surface area contributed by atoms with E-state index in [2.05, 4.69) is 79.8 Å². The number of carbonyl (C=O) groups excluding carboxylic acids is 4. The number of phenols is 1. The van der Waals surface area contributed by atoms with E-state index in [1.54, 1.807) is 36.2 Å². The zero-order chi connectivity index (χ0) is 48.1. The van der Waals surface area contributed by atoms with Gasteiger partial charge in [0.1, 0.15) is 17.8 Å². The standard InChI is InChI=1S/C49H64BN5O7.C4H11N/c1-6-7-12-32-15-17-33(18-16-32)34-19-21-35(22-20-34)46(58)51-28-31(2)55(5)44-37-23-24-41(56)36(25-37)13-10-8-9-11-14-40(54-43(57)29-52-48(44)60)47(59)53-30-50-61-42-27-38-26-39(45(42)62-50)49(38,3)4;1-2-3-4-5/h15-25,38-40,42,44-45,56H,2,6-14,26-30H2,1,3-5H3,(H,51,58)(H,52,60)(H,53,59)(H,54,57);2-5H2,1H3. The van der Waals surface area contributed by atoms with Gasteiger partial charge in [0.2, 0.25) is 17.7 Å². The van der Waals surface area contributed by atoms with E-state index in [4.69, 9.17) is 15.0 Å². The number of nitrogens with one attached hydrogen (secondary N) is 4. The summed E-state index contributed by atoms with van der Waals surface area (Å²) in [4.78, 5) is 56.0. The van der Waals surface area contributed by atoms with Crippen molar-refractivity contribution in [1.82, 2.24) is 26.2 Å². The van der Waals surface area contributed by atoms with Crippen LogP contribution in [0.25, 0.3) is 11.1 Å². The van der Waals surface area contributed by atoms with Crippen LogP contribution in [0.1, 0.15) is 131 Å². The molecule has 3 aromatic carbocycles. The van der Waals surface area contributed by atoms with Crippen LogP contribution in [0.4, 0.5) is 0 Å². The molecule has 14 heteroatoms. The number of rotatable bonds is 14. The maximum atomic E-state index is 14.1. The minimum atomic E-state index is -0.946. The quantitative estimate of drug-likeness (QED) is 0.0914. The minimum Gasteiger partial charge on any atom is -0.508 e. The summed E-state index contributed by atoms with van der Waals surface area (Å²) in [5.74, 6) is -0.351. The van der Waals surface area contributed by atoms with Crippen molar-refractivity contribution in [1.29, 1.82) is 0 Å². The predicted molar refractivity (Wildman–Crippen MR) is 265 cm³/mol. The van der Waals surface area contributed by atoms with Gasteiger partial charge in [0.25, 0.3) is 5.91 Å². The molecule has 3 aromatic rings. The van der Waals surface area contributed by atoms with Gasteiger partial charge >= 0.3 is 7.12 Å². The first-order valence-electron chi connectivity index (χ1n) is 24.8. The number of phenolic OH excluding ortho intramolecular Hbond substituents is 1. The fraction of sp³-hybridized carbons (Fsp3) is 0.547. The van der Waals surface area contributed by atoms with E-state index in [-0.39, 0.29) is 54.7 Å². The van der Waals surface area contributed by atoms with E-state index in [1.807, 2.05) is 18.2 Å². The van der Waals surface area contributed by atoms with Crippen LogP contribution in [-0.4, -0.2) is 92.1 Å². The molecule has 0 radical (unpaired) electrons. The van der Waals surface area contributed by atoms with Gasteiger partial charge in [0.15, 0.2) is 0 Å². The molecule has 362 valence electrons. The number of aromatic hydroxyl groups is 1. The summed E-state index contributed by atoms with van der Waals surface area (Å²) in [5.41, 5.74) is 11.0. The highest BCUT2D eigenvalue weighted by molar-refractivity contribution is 6.45. The molecule has 0 aromatic heterocycles. The lowest BCUT2D eigenvalue weighted by Crippen LogP contribution is -2.59. The lowest BCUT2D eigenvalue weighted by molar-refractivity contribution is -0.150. The molecule has 13 nitrogen and oxygen atoms in total. The Morgan fingerprint density at radius 3 is 2.30 bits per heavy atom. The molecule has 5 aliphatic rings. The van der Waals surface area contributed by atoms with Gasteiger partial charge in [0, 0.05) is 18.3 Å². The maximum absolute atomic E-state index is 14.1. The van der Waals surface area contributed by atoms with Crippen LogP contribution in [0.3, 0.4) is 0 Å². The Labute approximate surface area is 398 Å². The molecule has 3 aliphatic carbocycles. The summed E-state index contributed by atoms with van der Waals surface area (Å²) >= 11 is 0. The lowest BCUT2D eigenvalue weighted by Gasteiger charge is -2.60. The molecule has 4 fully saturated rings. The Balaban J connectivity index is 0.00000141. The Hall–Kier alpha value is -5.18. The van der Waals surface area contributed by atoms with Gasteiger partial charge in [-0.1, -0.05) is 109 Å². The van der Waals surface area contributed by atoms with E-state index >= 15 is 0 Å². The van der Waals surface area contributed by atoms with Gasteiger partial charge in [-0.2, -0.15) is 0 Å². The molecule has 4 bridgehead atoms. The number of hydrogen-bond acceptors (Lipinski definition) is 9. The van der Waals surface area contributed by atoms with Crippen molar-refractivity contribution in [2.45, 2.75) is 135 Å². The third kappa shape index (κ3) is 13.3. The first kappa shape index (κ1) is 51.2. The number of carbonyl (C=O) groups is 4. The first-order chi connectivity index (χ1) is 32.2. The first-order valence-corrected chi connectivity index (χ1v) is 24.8. The Bertz CT molecular complexity index is 2150. The number of nitrogens with two attached hydrogens (primary N) is 1. The molecular weight excluding hydrogens is 843 g/mol. The van der Waals surface area contributed by atoms with Crippen molar-refractivity contribution < 1.29 is 33.6 Å². The molecule has 7 N–H and O–H groups in total. The normalized spacial score (nSPS) is 23.5. The van der Waals surface area contributed by atoms with E-state index in [0.717, 1.165) is 69.0 Å². The molecule has 2 heterocycles. The second kappa shape index (κ2) is 24.2. The predicted octanol–water partition coefficient (Wildman–Crippen LogP) is 7.16. The van der Waals surface area contributed by atoms with Crippen molar-refractivity contribution in [2.75, 3.05) is 33.1 Å². The number of unbranched alkanes of at least 4 members (excludes halogenated alkanes) is 2. The van der Waals surface area contributed by atoms with E-state index in [1.165, 1.54) is 18.4 Å². The Morgan fingerprint density at radius 2 is 1.63 bits per heavy atom. The third-order valence-electron chi connectivity index (χ3n) is 14.5. The summed E-state index contributed by atoms with van der Waals surface area (Å²) in [6.45, 7) is 13.7. The van der Waals surface area contributed by atoms with Crippen molar-refractivity contribution in [3.63, 3.8) is 0 Å². The van der Waals surface area contributed by atoms with Gasteiger partial charge in [0.05, 0.1) is 31.7 Å². The monoisotopic (exact) mass is 919 g/mol. The highest BCUT2D eigenvalue weighted by Crippen LogP contribution is 2.61. The number of hydrogen-bond donors (Lipinski definition) is 6. The molecule has 8 rings (SSSR count). The van der Waals surface area contributed by atoms with Crippen molar-refractivity contribution in [3.05, 3.63) is 101 Å². The molecule has 2 aliphatic heterocycles. The molecule has 4 amide bonds. The Morgan fingerprint density at radius 1 is 0.925 bits per heavy atom. The molecular formula is C53H75BN6O7. The zero-order valence-electron chi connectivity index (χ0n) is 40.5. The van der Waals surface area contributed by atoms with Gasteiger partial charge in [-0.05, 0) is 127 Å². The SMILES string of the molecule is C=C(CNC(=O)c1ccc(-c2ccc(CCCC)cc2)cc1)N(C)C1C(=O)NCC(=O)NC(C(=O)NCB2OC3CC4CC(C3O2)C4(C)C)CCCCCCc2cc1ccc2O.CCCCN. The minimum absolute atomic E-state index is 0.0395. The highest BCUT2D eigenvalue weighted by Gasteiger charge is 2.61. The van der Waals surface area contributed by atoms with E-state index < -0.39 is 31.0 Å². The van der Waals surface area contributed by atoms with Gasteiger partial charge in [-0.25, -0.2) is 0 Å². The number of likely N-dealkylation sites (N-methyl/N-ethyl adjacent to an activating group) is 1. The molecule has 3 saturated carbocycles. The molecule has 67 heavy (non-hydrogen) atoms. The summed E-state index contributed by atoms with van der Waals surface area (Å²) in [6.07, 6.45) is 12.4. The maximum Gasteiger partial charge on any atom is 0.478 e.